The Morgan fingerprint density at radius 3 is 2.67 bits per heavy atom. The van der Waals surface area contributed by atoms with Gasteiger partial charge in [0.15, 0.2) is 0 Å². The first kappa shape index (κ1) is 8.07. The monoisotopic (exact) mass is 130 g/mol. The van der Waals surface area contributed by atoms with Crippen molar-refractivity contribution in [3.05, 3.63) is 4.91 Å². The van der Waals surface area contributed by atoms with Crippen LogP contribution in [-0.2, 0) is 0 Å². The molecule has 9 heavy (non-hydrogen) atoms. The third-order valence-corrected chi connectivity index (χ3v) is 0.975. The molecule has 4 nitrogen and oxygen atoms in total. The van der Waals surface area contributed by atoms with Crippen LogP contribution in [0.3, 0.4) is 0 Å². The molecular formula is C5H10N2O2. The van der Waals surface area contributed by atoms with Gasteiger partial charge in [0.25, 0.3) is 0 Å². The van der Waals surface area contributed by atoms with E-state index in [9.17, 15) is 4.91 Å². The molecule has 52 valence electrons. The molecule has 0 atom stereocenters. The van der Waals surface area contributed by atoms with E-state index < -0.39 is 0 Å². The van der Waals surface area contributed by atoms with Crippen molar-refractivity contribution in [2.75, 3.05) is 0 Å². The second kappa shape index (κ2) is 5.21. The Hall–Kier alpha value is -0.930. The molecule has 0 heterocycles. The van der Waals surface area contributed by atoms with Gasteiger partial charge in [0.2, 0.25) is 5.84 Å². The quantitative estimate of drug-likeness (QED) is 0.208. The SMILES string of the molecule is CCCC/C(N=O)=N\O. The van der Waals surface area contributed by atoms with Gasteiger partial charge in [-0.2, -0.15) is 0 Å². The first-order valence-corrected chi connectivity index (χ1v) is 2.89. The van der Waals surface area contributed by atoms with E-state index in [1.165, 1.54) is 0 Å². The van der Waals surface area contributed by atoms with Gasteiger partial charge < -0.3 is 5.21 Å². The normalized spacial score (nSPS) is 11.4. The summed E-state index contributed by atoms with van der Waals surface area (Å²) in [7, 11) is 0. The van der Waals surface area contributed by atoms with Gasteiger partial charge in [0.05, 0.1) is 0 Å². The fourth-order valence-corrected chi connectivity index (χ4v) is 0.449. The molecule has 0 rings (SSSR count). The summed E-state index contributed by atoms with van der Waals surface area (Å²) in [6.07, 6.45) is 2.27. The maximum atomic E-state index is 9.70. The molecule has 0 aromatic heterocycles. The number of oxime groups is 1. The van der Waals surface area contributed by atoms with Gasteiger partial charge in [-0.3, -0.25) is 0 Å². The molecule has 0 unspecified atom stereocenters. The van der Waals surface area contributed by atoms with E-state index in [1.807, 2.05) is 6.92 Å². The molecule has 0 amide bonds. The van der Waals surface area contributed by atoms with Crippen molar-refractivity contribution in [3.8, 4) is 0 Å². The highest BCUT2D eigenvalue weighted by molar-refractivity contribution is 5.82. The predicted octanol–water partition coefficient (Wildman–Crippen LogP) is 1.73. The van der Waals surface area contributed by atoms with Crippen LogP contribution in [0.4, 0.5) is 0 Å². The molecule has 0 saturated carbocycles. The smallest absolute Gasteiger partial charge is 0.211 e. The van der Waals surface area contributed by atoms with Gasteiger partial charge in [-0.25, -0.2) is 0 Å². The summed E-state index contributed by atoms with van der Waals surface area (Å²) >= 11 is 0. The average Bonchev–Trinajstić information content (AvgIpc) is 1.91. The predicted molar refractivity (Wildman–Crippen MR) is 34.5 cm³/mol. The zero-order valence-corrected chi connectivity index (χ0v) is 5.37. The van der Waals surface area contributed by atoms with E-state index in [-0.39, 0.29) is 5.84 Å². The summed E-state index contributed by atoms with van der Waals surface area (Å²) in [6, 6.07) is 0. The molecule has 0 aliphatic carbocycles. The Morgan fingerprint density at radius 1 is 1.67 bits per heavy atom. The zero-order valence-electron chi connectivity index (χ0n) is 5.37. The van der Waals surface area contributed by atoms with Crippen LogP contribution in [-0.4, -0.2) is 11.0 Å². The summed E-state index contributed by atoms with van der Waals surface area (Å²) in [5.74, 6) is -0.0168. The van der Waals surface area contributed by atoms with Crippen molar-refractivity contribution in [2.24, 2.45) is 10.3 Å². The Balaban J connectivity index is 3.45. The lowest BCUT2D eigenvalue weighted by atomic mass is 10.2. The molecule has 0 aromatic carbocycles. The topological polar surface area (TPSA) is 62.0 Å². The van der Waals surface area contributed by atoms with E-state index in [1.54, 1.807) is 0 Å². The number of unbranched alkanes of at least 4 members (excludes halogenated alkanes) is 1. The maximum absolute atomic E-state index is 9.70. The zero-order chi connectivity index (χ0) is 7.11. The molecular weight excluding hydrogens is 120 g/mol. The number of nitroso groups, excluding NO2 is 1. The molecule has 0 saturated heterocycles. The summed E-state index contributed by atoms with van der Waals surface area (Å²) < 4.78 is 0. The lowest BCUT2D eigenvalue weighted by molar-refractivity contribution is 0.316. The van der Waals surface area contributed by atoms with Crippen molar-refractivity contribution in [1.29, 1.82) is 0 Å². The van der Waals surface area contributed by atoms with E-state index in [2.05, 4.69) is 10.3 Å². The largest absolute Gasteiger partial charge is 0.409 e. The first-order chi connectivity index (χ1) is 4.35. The Bertz CT molecular complexity index is 112. The lowest BCUT2D eigenvalue weighted by Crippen LogP contribution is -1.91. The molecule has 0 aliphatic heterocycles. The third-order valence-electron chi connectivity index (χ3n) is 0.975. The van der Waals surface area contributed by atoms with Crippen LogP contribution in [0, 0.1) is 4.91 Å². The van der Waals surface area contributed by atoms with Crippen LogP contribution in [0.25, 0.3) is 0 Å². The Kier molecular flexibility index (Phi) is 4.67. The Morgan fingerprint density at radius 2 is 2.33 bits per heavy atom. The number of amidine groups is 1. The molecule has 0 aliphatic rings. The van der Waals surface area contributed by atoms with Crippen molar-refractivity contribution in [3.63, 3.8) is 0 Å². The van der Waals surface area contributed by atoms with Gasteiger partial charge in [-0.1, -0.05) is 18.5 Å². The highest BCUT2D eigenvalue weighted by Gasteiger charge is 1.95. The molecule has 1 N–H and O–H groups in total. The maximum Gasteiger partial charge on any atom is 0.211 e. The molecule has 4 heteroatoms. The summed E-state index contributed by atoms with van der Waals surface area (Å²) in [5, 5.41) is 13.2. The number of nitrogens with zero attached hydrogens (tertiary/aromatic N) is 2. The van der Waals surface area contributed by atoms with Crippen LogP contribution in [0.2, 0.25) is 0 Å². The third kappa shape index (κ3) is 3.64. The second-order valence-electron chi connectivity index (χ2n) is 1.71. The van der Waals surface area contributed by atoms with Crippen LogP contribution in [0.15, 0.2) is 10.3 Å². The van der Waals surface area contributed by atoms with Gasteiger partial charge in [0, 0.05) is 6.42 Å². The van der Waals surface area contributed by atoms with Gasteiger partial charge in [-0.15, -0.1) is 4.91 Å². The number of rotatable bonds is 3. The minimum atomic E-state index is -0.0168. The first-order valence-electron chi connectivity index (χ1n) is 2.89. The van der Waals surface area contributed by atoms with Crippen molar-refractivity contribution >= 4 is 5.84 Å². The van der Waals surface area contributed by atoms with Gasteiger partial charge >= 0.3 is 0 Å². The van der Waals surface area contributed by atoms with E-state index in [0.717, 1.165) is 12.8 Å². The Labute approximate surface area is 53.5 Å². The van der Waals surface area contributed by atoms with Crippen LogP contribution in [0.1, 0.15) is 26.2 Å². The average molecular weight is 130 g/mol. The minimum Gasteiger partial charge on any atom is -0.409 e. The molecule has 0 fully saturated rings. The summed E-state index contributed by atoms with van der Waals surface area (Å²) in [6.45, 7) is 1.99. The molecule has 0 aromatic rings. The van der Waals surface area contributed by atoms with Gasteiger partial charge in [0.1, 0.15) is 0 Å². The van der Waals surface area contributed by atoms with Crippen LogP contribution in [0.5, 0.6) is 0 Å². The van der Waals surface area contributed by atoms with E-state index in [0.29, 0.717) is 6.42 Å². The fourth-order valence-electron chi connectivity index (χ4n) is 0.449. The van der Waals surface area contributed by atoms with E-state index in [4.69, 9.17) is 5.21 Å². The minimum absolute atomic E-state index is 0.0168. The molecule has 0 spiro atoms. The van der Waals surface area contributed by atoms with Crippen molar-refractivity contribution < 1.29 is 5.21 Å². The highest BCUT2D eigenvalue weighted by atomic mass is 16.4. The second-order valence-corrected chi connectivity index (χ2v) is 1.71. The van der Waals surface area contributed by atoms with Crippen LogP contribution >= 0.6 is 0 Å². The lowest BCUT2D eigenvalue weighted by Gasteiger charge is -1.89. The van der Waals surface area contributed by atoms with Crippen molar-refractivity contribution in [1.82, 2.24) is 0 Å². The molecule has 0 bridgehead atoms. The summed E-state index contributed by atoms with van der Waals surface area (Å²) in [4.78, 5) is 9.70. The number of hydrogen-bond acceptors (Lipinski definition) is 3. The highest BCUT2D eigenvalue weighted by Crippen LogP contribution is 1.96. The van der Waals surface area contributed by atoms with Crippen LogP contribution < -0.4 is 0 Å². The van der Waals surface area contributed by atoms with Gasteiger partial charge in [-0.05, 0) is 11.6 Å². The molecule has 0 radical (unpaired) electrons. The van der Waals surface area contributed by atoms with Crippen molar-refractivity contribution in [2.45, 2.75) is 26.2 Å². The fraction of sp³-hybridized carbons (Fsp3) is 0.800. The standard InChI is InChI=1S/C5H10N2O2/c1-2-3-4-5(6-8)7-9/h8H,2-4H2,1H3/b6-5+. The summed E-state index contributed by atoms with van der Waals surface area (Å²) in [5.41, 5.74) is 0. The number of hydrogen-bond donors (Lipinski definition) is 1. The van der Waals surface area contributed by atoms with E-state index >= 15 is 0 Å².